The Morgan fingerprint density at radius 1 is 0.947 bits per heavy atom. The maximum absolute atomic E-state index is 5.79. The molecule has 0 saturated carbocycles. The first-order chi connectivity index (χ1) is 9.40. The van der Waals surface area contributed by atoms with Gasteiger partial charge in [-0.25, -0.2) is 0 Å². The molecule has 0 spiro atoms. The second-order valence-corrected chi connectivity index (χ2v) is 6.94. The largest absolute Gasteiger partial charge is 0.127 e. The highest BCUT2D eigenvalue weighted by atomic mass is 35.5. The minimum atomic E-state index is -0.251. The molecule has 2 rings (SSSR count). The molecule has 0 bridgehead atoms. The highest BCUT2D eigenvalue weighted by Gasteiger charge is 2.02. The molecule has 0 unspecified atom stereocenters. The molecule has 0 nitrogen and oxygen atoms in total. The molecule has 0 amide bonds. The number of rotatable bonds is 6. The van der Waals surface area contributed by atoms with E-state index in [1.807, 2.05) is 0 Å². The van der Waals surface area contributed by atoms with Crippen molar-refractivity contribution >= 4 is 32.4 Å². The molecular formula is C17H19ClSi. The molecule has 0 radical (unpaired) electrons. The molecule has 19 heavy (non-hydrogen) atoms. The third-order valence-electron chi connectivity index (χ3n) is 3.11. The van der Waals surface area contributed by atoms with Crippen molar-refractivity contribution in [2.45, 2.75) is 12.5 Å². The molecule has 2 aromatic carbocycles. The summed E-state index contributed by atoms with van der Waals surface area (Å²) in [6, 6.07) is 22.6. The predicted molar refractivity (Wildman–Crippen MR) is 89.4 cm³/mol. The molecule has 0 fully saturated rings. The fourth-order valence-electron chi connectivity index (χ4n) is 2.11. The minimum Gasteiger partial charge on any atom is -0.127 e. The molecule has 2 aromatic rings. The van der Waals surface area contributed by atoms with Gasteiger partial charge in [-0.05, 0) is 17.5 Å². The first kappa shape index (κ1) is 14.1. The lowest BCUT2D eigenvalue weighted by atomic mass is 10.1. The Hall–Kier alpha value is -1.31. The summed E-state index contributed by atoms with van der Waals surface area (Å²) in [5.74, 6) is 0.778. The Morgan fingerprint density at radius 2 is 1.58 bits per heavy atom. The summed E-state index contributed by atoms with van der Waals surface area (Å²) < 4.78 is 0. The van der Waals surface area contributed by atoms with Crippen molar-refractivity contribution in [3.05, 3.63) is 71.8 Å². The van der Waals surface area contributed by atoms with Crippen LogP contribution in [-0.4, -0.2) is 15.4 Å². The molecule has 98 valence electrons. The van der Waals surface area contributed by atoms with Gasteiger partial charge in [0, 0.05) is 5.88 Å². The zero-order valence-corrected chi connectivity index (χ0v) is 13.2. The molecule has 0 saturated heterocycles. The molecule has 0 N–H and O–H groups in total. The predicted octanol–water partition coefficient (Wildman–Crippen LogP) is 4.40. The monoisotopic (exact) mass is 286 g/mol. The zero-order chi connectivity index (χ0) is 13.3. The van der Waals surface area contributed by atoms with Crippen LogP contribution < -0.4 is 0 Å². The quantitative estimate of drug-likeness (QED) is 0.320. The fourth-order valence-corrected chi connectivity index (χ4v) is 4.40. The number of alkyl halides is 1. The van der Waals surface area contributed by atoms with Crippen LogP contribution in [0.25, 0.3) is 11.3 Å². The molecule has 0 aliphatic carbocycles. The fraction of sp³-hybridized carbons (Fsp3) is 0.176. The van der Waals surface area contributed by atoms with E-state index in [1.54, 1.807) is 0 Å². The van der Waals surface area contributed by atoms with E-state index in [0.717, 1.165) is 12.3 Å². The summed E-state index contributed by atoms with van der Waals surface area (Å²) in [7, 11) is -0.251. The van der Waals surface area contributed by atoms with Gasteiger partial charge < -0.3 is 0 Å². The number of hydrogen-bond acceptors (Lipinski definition) is 0. The minimum absolute atomic E-state index is 0.251. The molecule has 0 heterocycles. The Labute approximate surface area is 123 Å². The number of hydrogen-bond donors (Lipinski definition) is 0. The van der Waals surface area contributed by atoms with E-state index in [0.29, 0.717) is 0 Å². The highest BCUT2D eigenvalue weighted by Crippen LogP contribution is 2.18. The van der Waals surface area contributed by atoms with E-state index in [1.165, 1.54) is 22.4 Å². The van der Waals surface area contributed by atoms with E-state index in [2.05, 4.69) is 66.7 Å². The van der Waals surface area contributed by atoms with Gasteiger partial charge in [0.05, 0.1) is 9.52 Å². The van der Waals surface area contributed by atoms with Gasteiger partial charge in [-0.1, -0.05) is 78.0 Å². The van der Waals surface area contributed by atoms with Crippen molar-refractivity contribution < 1.29 is 0 Å². The summed E-state index contributed by atoms with van der Waals surface area (Å²) >= 11 is 5.79. The molecule has 0 aromatic heterocycles. The van der Waals surface area contributed by atoms with Crippen LogP contribution in [0.1, 0.15) is 17.5 Å². The SMILES string of the molecule is ClCCC[SiH2]C(=Cc1ccccc1)c1ccccc1. The van der Waals surface area contributed by atoms with Gasteiger partial charge in [0.2, 0.25) is 0 Å². The van der Waals surface area contributed by atoms with E-state index in [4.69, 9.17) is 11.6 Å². The Morgan fingerprint density at radius 3 is 2.21 bits per heavy atom. The molecular weight excluding hydrogens is 268 g/mol. The second-order valence-electron chi connectivity index (χ2n) is 4.59. The third kappa shape index (κ3) is 4.70. The lowest BCUT2D eigenvalue weighted by Gasteiger charge is -2.07. The van der Waals surface area contributed by atoms with Crippen LogP contribution in [0.3, 0.4) is 0 Å². The summed E-state index contributed by atoms with van der Waals surface area (Å²) in [6.07, 6.45) is 3.47. The summed E-state index contributed by atoms with van der Waals surface area (Å²) in [5.41, 5.74) is 2.66. The van der Waals surface area contributed by atoms with Gasteiger partial charge in [-0.15, -0.1) is 11.6 Å². The highest BCUT2D eigenvalue weighted by molar-refractivity contribution is 6.62. The van der Waals surface area contributed by atoms with E-state index in [9.17, 15) is 0 Å². The molecule has 0 atom stereocenters. The van der Waals surface area contributed by atoms with Crippen molar-refractivity contribution in [3.63, 3.8) is 0 Å². The number of halogens is 1. The van der Waals surface area contributed by atoms with Gasteiger partial charge in [-0.3, -0.25) is 0 Å². The van der Waals surface area contributed by atoms with Crippen molar-refractivity contribution in [3.8, 4) is 0 Å². The van der Waals surface area contributed by atoms with E-state index in [-0.39, 0.29) is 9.52 Å². The number of benzene rings is 2. The van der Waals surface area contributed by atoms with Crippen LogP contribution >= 0.6 is 11.6 Å². The van der Waals surface area contributed by atoms with E-state index >= 15 is 0 Å². The van der Waals surface area contributed by atoms with Gasteiger partial charge >= 0.3 is 0 Å². The summed E-state index contributed by atoms with van der Waals surface area (Å²) in [5, 5.41) is 1.52. The first-order valence-electron chi connectivity index (χ1n) is 6.77. The van der Waals surface area contributed by atoms with Crippen molar-refractivity contribution in [2.24, 2.45) is 0 Å². The standard InChI is InChI=1S/C17H19ClSi/c18-12-7-13-19-17(16-10-5-2-6-11-16)14-15-8-3-1-4-9-15/h1-6,8-11,14H,7,12-13,19H2. The second kappa shape index (κ2) is 7.98. The molecule has 0 aliphatic rings. The summed E-state index contributed by atoms with van der Waals surface area (Å²) in [6.45, 7) is 0. The molecule has 2 heteroatoms. The van der Waals surface area contributed by atoms with E-state index < -0.39 is 0 Å². The zero-order valence-electron chi connectivity index (χ0n) is 11.1. The normalized spacial score (nSPS) is 12.2. The lowest BCUT2D eigenvalue weighted by Crippen LogP contribution is -1.96. The maximum Gasteiger partial charge on any atom is 0.0556 e. The van der Waals surface area contributed by atoms with Gasteiger partial charge in [0.25, 0.3) is 0 Å². The Balaban J connectivity index is 2.22. The smallest absolute Gasteiger partial charge is 0.0556 e. The maximum atomic E-state index is 5.79. The summed E-state index contributed by atoms with van der Waals surface area (Å²) in [4.78, 5) is 0. The van der Waals surface area contributed by atoms with Crippen molar-refractivity contribution in [2.75, 3.05) is 5.88 Å². The average molecular weight is 287 g/mol. The van der Waals surface area contributed by atoms with Crippen LogP contribution in [0.2, 0.25) is 6.04 Å². The van der Waals surface area contributed by atoms with Crippen LogP contribution in [0.5, 0.6) is 0 Å². The van der Waals surface area contributed by atoms with Crippen LogP contribution in [0, 0.1) is 0 Å². The Kier molecular flexibility index (Phi) is 5.92. The van der Waals surface area contributed by atoms with Crippen LogP contribution in [-0.2, 0) is 0 Å². The van der Waals surface area contributed by atoms with Crippen molar-refractivity contribution in [1.29, 1.82) is 0 Å². The van der Waals surface area contributed by atoms with Crippen molar-refractivity contribution in [1.82, 2.24) is 0 Å². The topological polar surface area (TPSA) is 0 Å². The van der Waals surface area contributed by atoms with Gasteiger partial charge in [-0.2, -0.15) is 0 Å². The van der Waals surface area contributed by atoms with Crippen LogP contribution in [0.15, 0.2) is 60.7 Å². The van der Waals surface area contributed by atoms with Gasteiger partial charge in [0.15, 0.2) is 0 Å². The first-order valence-corrected chi connectivity index (χ1v) is 9.01. The Bertz CT molecular complexity index is 505. The van der Waals surface area contributed by atoms with Gasteiger partial charge in [0.1, 0.15) is 0 Å². The lowest BCUT2D eigenvalue weighted by molar-refractivity contribution is 1.09. The average Bonchev–Trinajstić information content (AvgIpc) is 2.48. The van der Waals surface area contributed by atoms with Crippen LogP contribution in [0.4, 0.5) is 0 Å². The third-order valence-corrected chi connectivity index (χ3v) is 5.39. The molecule has 0 aliphatic heterocycles.